The van der Waals surface area contributed by atoms with E-state index in [0.29, 0.717) is 6.04 Å². The van der Waals surface area contributed by atoms with Gasteiger partial charge in [0, 0.05) is 31.1 Å². The summed E-state index contributed by atoms with van der Waals surface area (Å²) in [5.74, 6) is 0. The average Bonchev–Trinajstić information content (AvgIpc) is 2.29. The number of hydrogen-bond donors (Lipinski definition) is 1. The fraction of sp³-hybridized carbons (Fsp3) is 0.615. The maximum atomic E-state index is 5.40. The second-order valence-electron chi connectivity index (χ2n) is 3.83. The normalized spacial score (nSPS) is 12.7. The predicted molar refractivity (Wildman–Crippen MR) is 66.5 cm³/mol. The molecule has 0 bridgehead atoms. The minimum Gasteiger partial charge on any atom is -0.382 e. The van der Waals surface area contributed by atoms with Gasteiger partial charge in [0.1, 0.15) is 0 Å². The molecule has 1 aromatic heterocycles. The van der Waals surface area contributed by atoms with Gasteiger partial charge in [0.25, 0.3) is 0 Å². The van der Waals surface area contributed by atoms with E-state index in [1.54, 1.807) is 0 Å². The molecule has 0 radical (unpaired) electrons. The van der Waals surface area contributed by atoms with Crippen molar-refractivity contribution < 1.29 is 4.74 Å². The van der Waals surface area contributed by atoms with Crippen LogP contribution in [-0.4, -0.2) is 24.7 Å². The second kappa shape index (κ2) is 7.36. The van der Waals surface area contributed by atoms with E-state index in [-0.39, 0.29) is 0 Å². The Bertz CT molecular complexity index is 284. The van der Waals surface area contributed by atoms with Crippen molar-refractivity contribution in [3.63, 3.8) is 0 Å². The first-order chi connectivity index (χ1) is 7.77. The van der Waals surface area contributed by atoms with Crippen LogP contribution in [0.4, 0.5) is 0 Å². The number of nitrogens with zero attached hydrogens (tertiary/aromatic N) is 1. The molecular formula is C13H22N2O. The first-order valence-corrected chi connectivity index (χ1v) is 6.01. The third kappa shape index (κ3) is 4.29. The molecular weight excluding hydrogens is 200 g/mol. The molecule has 90 valence electrons. The first kappa shape index (κ1) is 13.1. The predicted octanol–water partition coefficient (Wildman–Crippen LogP) is 2.47. The Morgan fingerprint density at radius 3 is 2.75 bits per heavy atom. The summed E-state index contributed by atoms with van der Waals surface area (Å²) >= 11 is 0. The van der Waals surface area contributed by atoms with Crippen LogP contribution in [0.1, 0.15) is 37.6 Å². The van der Waals surface area contributed by atoms with E-state index < -0.39 is 0 Å². The molecule has 0 aliphatic heterocycles. The van der Waals surface area contributed by atoms with Gasteiger partial charge in [-0.1, -0.05) is 13.0 Å². The molecule has 0 spiro atoms. The summed E-state index contributed by atoms with van der Waals surface area (Å²) in [5.41, 5.74) is 2.30. The lowest BCUT2D eigenvalue weighted by atomic mass is 10.1. The number of hydrogen-bond acceptors (Lipinski definition) is 3. The van der Waals surface area contributed by atoms with Crippen molar-refractivity contribution in [1.29, 1.82) is 0 Å². The molecule has 0 aromatic carbocycles. The Morgan fingerprint density at radius 1 is 1.38 bits per heavy atom. The molecule has 1 atom stereocenters. The van der Waals surface area contributed by atoms with E-state index in [4.69, 9.17) is 4.74 Å². The highest BCUT2D eigenvalue weighted by molar-refractivity contribution is 5.17. The second-order valence-corrected chi connectivity index (χ2v) is 3.83. The molecule has 1 rings (SSSR count). The molecule has 1 N–H and O–H groups in total. The van der Waals surface area contributed by atoms with Crippen LogP contribution in [0.3, 0.4) is 0 Å². The van der Waals surface area contributed by atoms with Gasteiger partial charge in [-0.2, -0.15) is 0 Å². The summed E-state index contributed by atoms with van der Waals surface area (Å²) in [5, 5.41) is 3.46. The van der Waals surface area contributed by atoms with Gasteiger partial charge < -0.3 is 10.1 Å². The summed E-state index contributed by atoms with van der Waals surface area (Å²) in [6.45, 7) is 8.69. The van der Waals surface area contributed by atoms with Crippen molar-refractivity contribution in [2.75, 3.05) is 19.8 Å². The Labute approximate surface area is 98.2 Å². The number of ether oxygens (including phenoxy) is 1. The maximum Gasteiger partial charge on any atom is 0.0484 e. The van der Waals surface area contributed by atoms with Gasteiger partial charge in [-0.25, -0.2) is 0 Å². The summed E-state index contributed by atoms with van der Waals surface area (Å²) in [4.78, 5) is 4.33. The Morgan fingerprint density at radius 2 is 2.19 bits per heavy atom. The molecule has 0 aliphatic rings. The van der Waals surface area contributed by atoms with Crippen molar-refractivity contribution in [2.24, 2.45) is 0 Å². The van der Waals surface area contributed by atoms with Crippen molar-refractivity contribution in [3.8, 4) is 0 Å². The molecule has 1 heterocycles. The standard InChI is InChI=1S/C13H22N2O/c1-4-14-13(8-9-16-5-2)12-7-6-11(3)15-10-12/h6-7,10,13-14H,4-5,8-9H2,1-3H3. The van der Waals surface area contributed by atoms with Crippen molar-refractivity contribution in [3.05, 3.63) is 29.6 Å². The summed E-state index contributed by atoms with van der Waals surface area (Å²) in [6.07, 6.45) is 2.95. The SMILES string of the molecule is CCNC(CCOCC)c1ccc(C)nc1. The van der Waals surface area contributed by atoms with Crippen LogP contribution in [0.25, 0.3) is 0 Å². The molecule has 0 fully saturated rings. The van der Waals surface area contributed by atoms with Crippen molar-refractivity contribution >= 4 is 0 Å². The van der Waals surface area contributed by atoms with Gasteiger partial charge in [0.2, 0.25) is 0 Å². The van der Waals surface area contributed by atoms with Crippen LogP contribution < -0.4 is 5.32 Å². The fourth-order valence-electron chi connectivity index (χ4n) is 1.66. The fourth-order valence-corrected chi connectivity index (χ4v) is 1.66. The van der Waals surface area contributed by atoms with E-state index in [1.165, 1.54) is 5.56 Å². The quantitative estimate of drug-likeness (QED) is 0.720. The van der Waals surface area contributed by atoms with E-state index in [9.17, 15) is 0 Å². The van der Waals surface area contributed by atoms with Crippen LogP contribution in [0.15, 0.2) is 18.3 Å². The highest BCUT2D eigenvalue weighted by Gasteiger charge is 2.09. The van der Waals surface area contributed by atoms with Crippen molar-refractivity contribution in [2.45, 2.75) is 33.2 Å². The number of pyridine rings is 1. The molecule has 1 aromatic rings. The van der Waals surface area contributed by atoms with Gasteiger partial charge in [-0.05, 0) is 38.4 Å². The molecule has 0 saturated carbocycles. The van der Waals surface area contributed by atoms with Crippen LogP contribution in [0, 0.1) is 6.92 Å². The van der Waals surface area contributed by atoms with Crippen LogP contribution in [0.2, 0.25) is 0 Å². The molecule has 3 heteroatoms. The molecule has 16 heavy (non-hydrogen) atoms. The third-order valence-corrected chi connectivity index (χ3v) is 2.54. The minimum absolute atomic E-state index is 0.352. The van der Waals surface area contributed by atoms with Crippen LogP contribution in [-0.2, 0) is 4.74 Å². The summed E-state index contributed by atoms with van der Waals surface area (Å²) in [7, 11) is 0. The average molecular weight is 222 g/mol. The lowest BCUT2D eigenvalue weighted by Gasteiger charge is -2.17. The lowest BCUT2D eigenvalue weighted by molar-refractivity contribution is 0.136. The van der Waals surface area contributed by atoms with Gasteiger partial charge in [0.15, 0.2) is 0 Å². The number of nitrogens with one attached hydrogen (secondary N) is 1. The smallest absolute Gasteiger partial charge is 0.0484 e. The largest absolute Gasteiger partial charge is 0.382 e. The molecule has 3 nitrogen and oxygen atoms in total. The third-order valence-electron chi connectivity index (χ3n) is 2.54. The van der Waals surface area contributed by atoms with Gasteiger partial charge in [0.05, 0.1) is 0 Å². The highest BCUT2D eigenvalue weighted by atomic mass is 16.5. The lowest BCUT2D eigenvalue weighted by Crippen LogP contribution is -2.22. The Hall–Kier alpha value is -0.930. The molecule has 1 unspecified atom stereocenters. The minimum atomic E-state index is 0.352. The van der Waals surface area contributed by atoms with E-state index >= 15 is 0 Å². The molecule has 0 amide bonds. The number of aromatic nitrogens is 1. The molecule has 0 aliphatic carbocycles. The zero-order chi connectivity index (χ0) is 11.8. The zero-order valence-corrected chi connectivity index (χ0v) is 10.5. The van der Waals surface area contributed by atoms with E-state index in [2.05, 4.69) is 29.4 Å². The number of aryl methyl sites for hydroxylation is 1. The monoisotopic (exact) mass is 222 g/mol. The first-order valence-electron chi connectivity index (χ1n) is 6.01. The summed E-state index contributed by atoms with van der Waals surface area (Å²) in [6, 6.07) is 4.55. The van der Waals surface area contributed by atoms with E-state index in [0.717, 1.165) is 31.9 Å². The zero-order valence-electron chi connectivity index (χ0n) is 10.5. The van der Waals surface area contributed by atoms with Gasteiger partial charge in [-0.15, -0.1) is 0 Å². The highest BCUT2D eigenvalue weighted by Crippen LogP contribution is 2.15. The van der Waals surface area contributed by atoms with Crippen LogP contribution in [0.5, 0.6) is 0 Å². The topological polar surface area (TPSA) is 34.1 Å². The molecule has 0 saturated heterocycles. The van der Waals surface area contributed by atoms with Crippen molar-refractivity contribution in [1.82, 2.24) is 10.3 Å². The van der Waals surface area contributed by atoms with Gasteiger partial charge >= 0.3 is 0 Å². The Kier molecular flexibility index (Phi) is 6.04. The van der Waals surface area contributed by atoms with Gasteiger partial charge in [-0.3, -0.25) is 4.98 Å². The summed E-state index contributed by atoms with van der Waals surface area (Å²) < 4.78 is 5.40. The Balaban J connectivity index is 2.57. The maximum absolute atomic E-state index is 5.40. The van der Waals surface area contributed by atoms with E-state index in [1.807, 2.05) is 20.0 Å². The van der Waals surface area contributed by atoms with Crippen LogP contribution >= 0.6 is 0 Å². The number of rotatable bonds is 7.